The standard InChI is InChI=1S/C12H26N2/c1-3-4-5-9-14-11-12(10-13-2)7-6-8-12/h13-14H,3-11H2,1-2H3. The molecule has 0 amide bonds. The minimum Gasteiger partial charge on any atom is -0.319 e. The first-order chi connectivity index (χ1) is 6.83. The average Bonchev–Trinajstić information content (AvgIpc) is 2.13. The summed E-state index contributed by atoms with van der Waals surface area (Å²) in [4.78, 5) is 0. The van der Waals surface area contributed by atoms with Crippen molar-refractivity contribution in [3.05, 3.63) is 0 Å². The molecule has 0 bridgehead atoms. The lowest BCUT2D eigenvalue weighted by molar-refractivity contribution is 0.130. The van der Waals surface area contributed by atoms with Gasteiger partial charge in [-0.15, -0.1) is 0 Å². The molecule has 0 aromatic rings. The minimum absolute atomic E-state index is 0.598. The number of hydrogen-bond donors (Lipinski definition) is 2. The van der Waals surface area contributed by atoms with Gasteiger partial charge in [-0.1, -0.05) is 26.2 Å². The first kappa shape index (κ1) is 12.0. The number of rotatable bonds is 8. The van der Waals surface area contributed by atoms with E-state index < -0.39 is 0 Å². The lowest BCUT2D eigenvalue weighted by Crippen LogP contribution is -2.46. The molecule has 14 heavy (non-hydrogen) atoms. The van der Waals surface area contributed by atoms with Crippen LogP contribution in [0.2, 0.25) is 0 Å². The summed E-state index contributed by atoms with van der Waals surface area (Å²) in [6.07, 6.45) is 8.28. The fourth-order valence-corrected chi connectivity index (χ4v) is 2.32. The van der Waals surface area contributed by atoms with Gasteiger partial charge in [-0.05, 0) is 38.3 Å². The summed E-state index contributed by atoms with van der Waals surface area (Å²) in [5, 5.41) is 6.93. The van der Waals surface area contributed by atoms with Gasteiger partial charge in [0.1, 0.15) is 0 Å². The minimum atomic E-state index is 0.598. The molecule has 84 valence electrons. The van der Waals surface area contributed by atoms with Crippen LogP contribution in [0, 0.1) is 5.41 Å². The van der Waals surface area contributed by atoms with Gasteiger partial charge in [0.15, 0.2) is 0 Å². The Hall–Kier alpha value is -0.0800. The SMILES string of the molecule is CCCCCNCC1(CNC)CCC1. The summed E-state index contributed by atoms with van der Waals surface area (Å²) in [5.41, 5.74) is 0.598. The molecule has 1 aliphatic rings. The molecule has 2 N–H and O–H groups in total. The van der Waals surface area contributed by atoms with Crippen molar-refractivity contribution >= 4 is 0 Å². The molecule has 0 aromatic carbocycles. The molecule has 0 spiro atoms. The summed E-state index contributed by atoms with van der Waals surface area (Å²) < 4.78 is 0. The van der Waals surface area contributed by atoms with Crippen LogP contribution in [0.5, 0.6) is 0 Å². The van der Waals surface area contributed by atoms with Gasteiger partial charge in [-0.2, -0.15) is 0 Å². The first-order valence-corrected chi connectivity index (χ1v) is 6.18. The van der Waals surface area contributed by atoms with Crippen LogP contribution in [0.25, 0.3) is 0 Å². The second-order valence-corrected chi connectivity index (χ2v) is 4.77. The molecule has 0 radical (unpaired) electrons. The molecule has 2 nitrogen and oxygen atoms in total. The Morgan fingerprint density at radius 1 is 1.14 bits per heavy atom. The van der Waals surface area contributed by atoms with E-state index >= 15 is 0 Å². The Kier molecular flexibility index (Phi) is 5.49. The normalized spacial score (nSPS) is 19.3. The highest BCUT2D eigenvalue weighted by Gasteiger charge is 2.35. The molecular formula is C12H26N2. The molecule has 1 rings (SSSR count). The van der Waals surface area contributed by atoms with Gasteiger partial charge in [0.05, 0.1) is 0 Å². The fourth-order valence-electron chi connectivity index (χ4n) is 2.32. The Bertz CT molecular complexity index is 141. The maximum absolute atomic E-state index is 3.61. The van der Waals surface area contributed by atoms with E-state index in [-0.39, 0.29) is 0 Å². The first-order valence-electron chi connectivity index (χ1n) is 6.18. The van der Waals surface area contributed by atoms with Gasteiger partial charge in [0, 0.05) is 13.1 Å². The monoisotopic (exact) mass is 198 g/mol. The molecule has 0 saturated heterocycles. The van der Waals surface area contributed by atoms with Crippen LogP contribution in [0.4, 0.5) is 0 Å². The molecule has 0 aliphatic heterocycles. The molecule has 0 unspecified atom stereocenters. The quantitative estimate of drug-likeness (QED) is 0.584. The second kappa shape index (κ2) is 6.41. The summed E-state index contributed by atoms with van der Waals surface area (Å²) in [7, 11) is 2.07. The van der Waals surface area contributed by atoms with Crippen LogP contribution >= 0.6 is 0 Å². The third-order valence-corrected chi connectivity index (χ3v) is 3.42. The van der Waals surface area contributed by atoms with Gasteiger partial charge < -0.3 is 10.6 Å². The van der Waals surface area contributed by atoms with Crippen molar-refractivity contribution in [1.82, 2.24) is 10.6 Å². The zero-order chi connectivity index (χ0) is 10.3. The highest BCUT2D eigenvalue weighted by molar-refractivity contribution is 4.90. The van der Waals surface area contributed by atoms with Crippen molar-refractivity contribution in [2.75, 3.05) is 26.7 Å². The molecule has 0 atom stereocenters. The maximum atomic E-state index is 3.61. The molecule has 1 aliphatic carbocycles. The van der Waals surface area contributed by atoms with Crippen LogP contribution < -0.4 is 10.6 Å². The van der Waals surface area contributed by atoms with Gasteiger partial charge >= 0.3 is 0 Å². The highest BCUT2D eigenvalue weighted by Crippen LogP contribution is 2.39. The van der Waals surface area contributed by atoms with Gasteiger partial charge in [-0.25, -0.2) is 0 Å². The number of nitrogens with one attached hydrogen (secondary N) is 2. The van der Waals surface area contributed by atoms with E-state index in [0.717, 1.165) is 0 Å². The van der Waals surface area contributed by atoms with E-state index in [1.807, 2.05) is 0 Å². The molecule has 1 saturated carbocycles. The van der Waals surface area contributed by atoms with E-state index in [1.165, 1.54) is 58.2 Å². The average molecular weight is 198 g/mol. The summed E-state index contributed by atoms with van der Waals surface area (Å²) >= 11 is 0. The van der Waals surface area contributed by atoms with Crippen molar-refractivity contribution < 1.29 is 0 Å². The third kappa shape index (κ3) is 3.58. The van der Waals surface area contributed by atoms with Crippen LogP contribution in [0.1, 0.15) is 45.4 Å². The largest absolute Gasteiger partial charge is 0.319 e. The number of unbranched alkanes of at least 4 members (excludes halogenated alkanes) is 2. The predicted octanol–water partition coefficient (Wildman–Crippen LogP) is 2.16. The van der Waals surface area contributed by atoms with Crippen molar-refractivity contribution in [3.8, 4) is 0 Å². The summed E-state index contributed by atoms with van der Waals surface area (Å²) in [5.74, 6) is 0. The molecular weight excluding hydrogens is 172 g/mol. The Morgan fingerprint density at radius 3 is 2.43 bits per heavy atom. The van der Waals surface area contributed by atoms with Crippen molar-refractivity contribution in [2.45, 2.75) is 45.4 Å². The maximum Gasteiger partial charge on any atom is 0.00200 e. The van der Waals surface area contributed by atoms with Crippen molar-refractivity contribution in [3.63, 3.8) is 0 Å². The zero-order valence-electron chi connectivity index (χ0n) is 9.86. The molecule has 2 heteroatoms. The molecule has 1 fully saturated rings. The van der Waals surface area contributed by atoms with E-state index in [9.17, 15) is 0 Å². The van der Waals surface area contributed by atoms with Crippen LogP contribution in [-0.4, -0.2) is 26.7 Å². The smallest absolute Gasteiger partial charge is 0.00200 e. The third-order valence-electron chi connectivity index (χ3n) is 3.42. The Morgan fingerprint density at radius 2 is 1.93 bits per heavy atom. The predicted molar refractivity (Wildman–Crippen MR) is 62.6 cm³/mol. The zero-order valence-corrected chi connectivity index (χ0v) is 9.86. The van der Waals surface area contributed by atoms with Gasteiger partial charge in [-0.3, -0.25) is 0 Å². The van der Waals surface area contributed by atoms with Gasteiger partial charge in [0.2, 0.25) is 0 Å². The van der Waals surface area contributed by atoms with E-state index in [0.29, 0.717) is 5.41 Å². The van der Waals surface area contributed by atoms with Gasteiger partial charge in [0.25, 0.3) is 0 Å². The lowest BCUT2D eigenvalue weighted by atomic mass is 9.68. The van der Waals surface area contributed by atoms with E-state index in [4.69, 9.17) is 0 Å². The number of hydrogen-bond acceptors (Lipinski definition) is 2. The molecule has 0 heterocycles. The summed E-state index contributed by atoms with van der Waals surface area (Å²) in [6, 6.07) is 0. The fraction of sp³-hybridized carbons (Fsp3) is 1.00. The van der Waals surface area contributed by atoms with Crippen molar-refractivity contribution in [2.24, 2.45) is 5.41 Å². The lowest BCUT2D eigenvalue weighted by Gasteiger charge is -2.42. The van der Waals surface area contributed by atoms with E-state index in [2.05, 4.69) is 24.6 Å². The second-order valence-electron chi connectivity index (χ2n) is 4.77. The Balaban J connectivity index is 2.03. The van der Waals surface area contributed by atoms with E-state index in [1.54, 1.807) is 0 Å². The van der Waals surface area contributed by atoms with Crippen LogP contribution in [0.3, 0.4) is 0 Å². The highest BCUT2D eigenvalue weighted by atomic mass is 14.9. The van der Waals surface area contributed by atoms with Crippen molar-refractivity contribution in [1.29, 1.82) is 0 Å². The Labute approximate surface area is 88.8 Å². The molecule has 0 aromatic heterocycles. The topological polar surface area (TPSA) is 24.1 Å². The van der Waals surface area contributed by atoms with Crippen LogP contribution in [0.15, 0.2) is 0 Å². The van der Waals surface area contributed by atoms with Crippen LogP contribution in [-0.2, 0) is 0 Å². The summed E-state index contributed by atoms with van der Waals surface area (Å²) in [6.45, 7) is 5.87.